The van der Waals surface area contributed by atoms with Crippen LogP contribution >= 0.6 is 23.4 Å². The lowest BCUT2D eigenvalue weighted by molar-refractivity contribution is -0.122. The molecule has 7 nitrogen and oxygen atoms in total. The molecule has 0 saturated carbocycles. The Hall–Kier alpha value is -2.97. The number of carbonyl (C=O) groups excluding carboxylic acids is 3. The van der Waals surface area contributed by atoms with E-state index >= 15 is 0 Å². The van der Waals surface area contributed by atoms with Crippen LogP contribution in [0.4, 0.5) is 10.5 Å². The Balaban J connectivity index is 1.75. The van der Waals surface area contributed by atoms with Crippen LogP contribution in [0.1, 0.15) is 31.4 Å². The maximum atomic E-state index is 12.5. The van der Waals surface area contributed by atoms with Crippen molar-refractivity contribution in [1.29, 1.82) is 0 Å². The van der Waals surface area contributed by atoms with Crippen LogP contribution in [0.3, 0.4) is 0 Å². The van der Waals surface area contributed by atoms with Gasteiger partial charge in [0.1, 0.15) is 0 Å². The number of nitrogens with zero attached hydrogens (tertiary/aromatic N) is 1. The van der Waals surface area contributed by atoms with E-state index in [1.807, 2.05) is 45.0 Å². The third-order valence-electron chi connectivity index (χ3n) is 4.63. The van der Waals surface area contributed by atoms with E-state index in [1.165, 1.54) is 4.90 Å². The number of rotatable bonds is 9. The number of hydrogen-bond acceptors (Lipinski definition) is 6. The lowest BCUT2D eigenvalue weighted by atomic mass is 10.1. The van der Waals surface area contributed by atoms with Gasteiger partial charge in [0, 0.05) is 12.2 Å². The summed E-state index contributed by atoms with van der Waals surface area (Å²) in [6, 6.07) is 10.7. The standard InChI is InChI=1S/C24H25ClN2O5S/c1-4-10-27-23(29)20(33-24(27)30)13-16-11-18(25)22(19(12-16)31-5-2)32-14-21(28)26-17-8-6-15(3)7-9-17/h6-9,11-13H,4-5,10,14H2,1-3H3,(H,26,28)/b20-13+. The summed E-state index contributed by atoms with van der Waals surface area (Å²) in [5, 5.41) is 2.70. The Morgan fingerprint density at radius 2 is 1.88 bits per heavy atom. The molecule has 1 heterocycles. The Labute approximate surface area is 202 Å². The van der Waals surface area contributed by atoms with Crippen molar-refractivity contribution in [1.82, 2.24) is 4.90 Å². The van der Waals surface area contributed by atoms with Gasteiger partial charge in [0.15, 0.2) is 18.1 Å². The highest BCUT2D eigenvalue weighted by atomic mass is 35.5. The zero-order valence-corrected chi connectivity index (χ0v) is 20.2. The minimum absolute atomic E-state index is 0.225. The second-order valence-electron chi connectivity index (χ2n) is 7.30. The number of hydrogen-bond donors (Lipinski definition) is 1. The van der Waals surface area contributed by atoms with Gasteiger partial charge in [-0.1, -0.05) is 36.2 Å². The average molecular weight is 489 g/mol. The molecule has 2 aromatic rings. The first-order valence-corrected chi connectivity index (χ1v) is 11.7. The first kappa shape index (κ1) is 24.7. The zero-order chi connectivity index (χ0) is 24.0. The van der Waals surface area contributed by atoms with Crippen LogP contribution in [0.2, 0.25) is 5.02 Å². The van der Waals surface area contributed by atoms with Gasteiger partial charge < -0.3 is 14.8 Å². The van der Waals surface area contributed by atoms with E-state index in [0.29, 0.717) is 41.5 Å². The van der Waals surface area contributed by atoms with Gasteiger partial charge in [-0.3, -0.25) is 19.3 Å². The van der Waals surface area contributed by atoms with Crippen LogP contribution in [0.15, 0.2) is 41.3 Å². The molecular formula is C24H25ClN2O5S. The SMILES string of the molecule is CCCN1C(=O)S/C(=C/c2cc(Cl)c(OCC(=O)Nc3ccc(C)cc3)c(OCC)c2)C1=O. The Bertz CT molecular complexity index is 1090. The van der Waals surface area contributed by atoms with Gasteiger partial charge >= 0.3 is 0 Å². The molecule has 9 heteroatoms. The van der Waals surface area contributed by atoms with E-state index in [9.17, 15) is 14.4 Å². The molecule has 3 amide bonds. The van der Waals surface area contributed by atoms with E-state index in [2.05, 4.69) is 5.32 Å². The Morgan fingerprint density at radius 1 is 1.15 bits per heavy atom. The van der Waals surface area contributed by atoms with Crippen LogP contribution in [0.5, 0.6) is 11.5 Å². The smallest absolute Gasteiger partial charge is 0.293 e. The average Bonchev–Trinajstić information content (AvgIpc) is 3.02. The van der Waals surface area contributed by atoms with E-state index < -0.39 is 0 Å². The summed E-state index contributed by atoms with van der Waals surface area (Å²) < 4.78 is 11.3. The molecule has 2 aromatic carbocycles. The normalized spacial score (nSPS) is 14.7. The molecule has 0 bridgehead atoms. The van der Waals surface area contributed by atoms with Gasteiger partial charge in [-0.2, -0.15) is 0 Å². The lowest BCUT2D eigenvalue weighted by Crippen LogP contribution is -2.28. The molecular weight excluding hydrogens is 464 g/mol. The van der Waals surface area contributed by atoms with Gasteiger partial charge in [0.25, 0.3) is 17.1 Å². The number of anilines is 1. The molecule has 0 atom stereocenters. The molecule has 174 valence electrons. The van der Waals surface area contributed by atoms with Gasteiger partial charge in [-0.15, -0.1) is 0 Å². The van der Waals surface area contributed by atoms with Crippen LogP contribution < -0.4 is 14.8 Å². The van der Waals surface area contributed by atoms with Crippen LogP contribution in [0.25, 0.3) is 6.08 Å². The zero-order valence-electron chi connectivity index (χ0n) is 18.6. The topological polar surface area (TPSA) is 84.9 Å². The van der Waals surface area contributed by atoms with E-state index in [0.717, 1.165) is 17.3 Å². The molecule has 1 fully saturated rings. The number of amides is 3. The minimum atomic E-state index is -0.342. The van der Waals surface area contributed by atoms with E-state index in [-0.39, 0.29) is 34.4 Å². The number of thioether (sulfide) groups is 1. The maximum Gasteiger partial charge on any atom is 0.293 e. The molecule has 1 aliphatic heterocycles. The van der Waals surface area contributed by atoms with Crippen molar-refractivity contribution in [2.24, 2.45) is 0 Å². The number of ether oxygens (including phenoxy) is 2. The number of benzene rings is 2. The second-order valence-corrected chi connectivity index (χ2v) is 8.70. The van der Waals surface area contributed by atoms with Crippen molar-refractivity contribution < 1.29 is 23.9 Å². The fourth-order valence-electron chi connectivity index (χ4n) is 3.11. The molecule has 0 spiro atoms. The van der Waals surface area contributed by atoms with E-state index in [1.54, 1.807) is 18.2 Å². The Morgan fingerprint density at radius 3 is 2.55 bits per heavy atom. The summed E-state index contributed by atoms with van der Waals surface area (Å²) in [5.74, 6) is -0.0962. The van der Waals surface area contributed by atoms with Crippen LogP contribution in [0, 0.1) is 6.92 Å². The Kier molecular flexibility index (Phi) is 8.41. The molecule has 0 unspecified atom stereocenters. The molecule has 0 aliphatic carbocycles. The lowest BCUT2D eigenvalue weighted by Gasteiger charge is -2.15. The molecule has 1 N–H and O–H groups in total. The number of nitrogens with one attached hydrogen (secondary N) is 1. The highest BCUT2D eigenvalue weighted by molar-refractivity contribution is 8.18. The molecule has 33 heavy (non-hydrogen) atoms. The van der Waals surface area contributed by atoms with Crippen molar-refractivity contribution in [2.45, 2.75) is 27.2 Å². The monoisotopic (exact) mass is 488 g/mol. The van der Waals surface area contributed by atoms with Crippen molar-refractivity contribution in [3.05, 3.63) is 57.5 Å². The summed E-state index contributed by atoms with van der Waals surface area (Å²) in [6.45, 7) is 6.14. The van der Waals surface area contributed by atoms with Crippen LogP contribution in [-0.2, 0) is 9.59 Å². The summed E-state index contributed by atoms with van der Waals surface area (Å²) in [5.41, 5.74) is 2.34. The van der Waals surface area contributed by atoms with Crippen molar-refractivity contribution in [3.63, 3.8) is 0 Å². The summed E-state index contributed by atoms with van der Waals surface area (Å²) >= 11 is 7.32. The molecule has 3 rings (SSSR count). The van der Waals surface area contributed by atoms with Gasteiger partial charge in [-0.25, -0.2) is 0 Å². The van der Waals surface area contributed by atoms with Gasteiger partial charge in [0.2, 0.25) is 0 Å². The third-order valence-corrected chi connectivity index (χ3v) is 5.82. The molecule has 0 radical (unpaired) electrons. The fourth-order valence-corrected chi connectivity index (χ4v) is 4.25. The molecule has 0 aromatic heterocycles. The summed E-state index contributed by atoms with van der Waals surface area (Å²) in [6.07, 6.45) is 2.29. The maximum absolute atomic E-state index is 12.5. The number of halogens is 1. The van der Waals surface area contributed by atoms with Gasteiger partial charge in [-0.05, 0) is 67.9 Å². The quantitative estimate of drug-likeness (QED) is 0.468. The van der Waals surface area contributed by atoms with Crippen LogP contribution in [-0.4, -0.2) is 41.7 Å². The highest BCUT2D eigenvalue weighted by Crippen LogP contribution is 2.39. The largest absolute Gasteiger partial charge is 0.490 e. The first-order valence-electron chi connectivity index (χ1n) is 10.5. The number of carbonyl (C=O) groups is 3. The summed E-state index contributed by atoms with van der Waals surface area (Å²) in [7, 11) is 0. The number of imide groups is 1. The first-order chi connectivity index (χ1) is 15.8. The van der Waals surface area contributed by atoms with Crippen molar-refractivity contribution in [3.8, 4) is 11.5 Å². The number of aryl methyl sites for hydroxylation is 1. The molecule has 1 saturated heterocycles. The fraction of sp³-hybridized carbons (Fsp3) is 0.292. The van der Waals surface area contributed by atoms with Crippen molar-refractivity contribution in [2.75, 3.05) is 25.1 Å². The van der Waals surface area contributed by atoms with Gasteiger partial charge in [0.05, 0.1) is 16.5 Å². The minimum Gasteiger partial charge on any atom is -0.490 e. The predicted octanol–water partition coefficient (Wildman–Crippen LogP) is 5.51. The second kappa shape index (κ2) is 11.2. The highest BCUT2D eigenvalue weighted by Gasteiger charge is 2.34. The molecule has 1 aliphatic rings. The predicted molar refractivity (Wildman–Crippen MR) is 131 cm³/mol. The summed E-state index contributed by atoms with van der Waals surface area (Å²) in [4.78, 5) is 38.4. The third kappa shape index (κ3) is 6.30. The van der Waals surface area contributed by atoms with Crippen molar-refractivity contribution >= 4 is 52.2 Å². The van der Waals surface area contributed by atoms with E-state index in [4.69, 9.17) is 21.1 Å².